The average Bonchev–Trinajstić information content (AvgIpc) is 3.40. The number of aryl methyl sites for hydroxylation is 2. The second kappa shape index (κ2) is 9.35. The Hall–Kier alpha value is -2.37. The smallest absolute Gasteiger partial charge is 0.302 e. The number of hydrogen-bond acceptors (Lipinski definition) is 3. The van der Waals surface area contributed by atoms with Gasteiger partial charge in [0.05, 0.1) is 6.54 Å². The third-order valence-electron chi connectivity index (χ3n) is 6.51. The van der Waals surface area contributed by atoms with Gasteiger partial charge in [0, 0.05) is 46.1 Å². The van der Waals surface area contributed by atoms with Gasteiger partial charge >= 0.3 is 5.66 Å². The highest BCUT2D eigenvalue weighted by molar-refractivity contribution is 7.17. The van der Waals surface area contributed by atoms with E-state index in [9.17, 15) is 13.6 Å². The summed E-state index contributed by atoms with van der Waals surface area (Å²) in [4.78, 5) is 17.1. The topological polar surface area (TPSA) is 38.1 Å². The molecule has 1 amide bonds. The predicted octanol–water partition coefficient (Wildman–Crippen LogP) is 6.67. The SMILES string of the molecule is C=C(C)C(=O)N1Cc2sc(C)cc2C([C@H](C)c2ccccc2-c2cn(CC)nc2C(F)(F)P)C1. The molecular formula is C26H30F2N3OPS. The minimum Gasteiger partial charge on any atom is -0.333 e. The van der Waals surface area contributed by atoms with Crippen LogP contribution in [0.15, 0.2) is 48.7 Å². The van der Waals surface area contributed by atoms with Crippen LogP contribution in [0.25, 0.3) is 11.1 Å². The van der Waals surface area contributed by atoms with Crippen molar-refractivity contribution in [3.8, 4) is 11.1 Å². The number of hydrogen-bond donors (Lipinski definition) is 0. The maximum absolute atomic E-state index is 14.5. The first-order valence-corrected chi connectivity index (χ1v) is 12.8. The van der Waals surface area contributed by atoms with Gasteiger partial charge in [0.25, 0.3) is 0 Å². The summed E-state index contributed by atoms with van der Waals surface area (Å²) in [6.07, 6.45) is 1.71. The first-order valence-electron chi connectivity index (χ1n) is 11.4. The van der Waals surface area contributed by atoms with E-state index >= 15 is 0 Å². The van der Waals surface area contributed by atoms with E-state index in [1.165, 1.54) is 15.3 Å². The lowest BCUT2D eigenvalue weighted by molar-refractivity contribution is -0.128. The van der Waals surface area contributed by atoms with Crippen LogP contribution in [-0.4, -0.2) is 27.1 Å². The molecule has 8 heteroatoms. The summed E-state index contributed by atoms with van der Waals surface area (Å²) < 4.78 is 30.5. The van der Waals surface area contributed by atoms with Crippen molar-refractivity contribution in [2.75, 3.05) is 6.54 Å². The van der Waals surface area contributed by atoms with Crippen LogP contribution in [0.4, 0.5) is 8.78 Å². The Morgan fingerprint density at radius 3 is 2.71 bits per heavy atom. The van der Waals surface area contributed by atoms with E-state index in [1.807, 2.05) is 36.1 Å². The van der Waals surface area contributed by atoms with Crippen LogP contribution in [0.2, 0.25) is 0 Å². The molecule has 0 spiro atoms. The highest BCUT2D eigenvalue weighted by Gasteiger charge is 2.36. The molecule has 3 heterocycles. The Morgan fingerprint density at radius 2 is 2.06 bits per heavy atom. The maximum atomic E-state index is 14.5. The second-order valence-corrected chi connectivity index (χ2v) is 11.1. The average molecular weight is 502 g/mol. The number of carbonyl (C=O) groups excluding carboxylic acids is 1. The fourth-order valence-corrected chi connectivity index (χ4v) is 6.16. The minimum atomic E-state index is -3.14. The highest BCUT2D eigenvalue weighted by Crippen LogP contribution is 2.46. The first-order chi connectivity index (χ1) is 16.0. The van der Waals surface area contributed by atoms with Crippen molar-refractivity contribution in [1.82, 2.24) is 14.7 Å². The predicted molar refractivity (Wildman–Crippen MR) is 137 cm³/mol. The van der Waals surface area contributed by atoms with Crippen molar-refractivity contribution < 1.29 is 13.6 Å². The van der Waals surface area contributed by atoms with Crippen molar-refractivity contribution in [3.05, 3.63) is 75.3 Å². The van der Waals surface area contributed by atoms with Crippen molar-refractivity contribution in [2.24, 2.45) is 0 Å². The standard InChI is InChI=1S/C26H30F2N3OPS/c1-6-31-13-22(24(29-31)26(27,28)33)19-10-8-7-9-18(19)17(5)21-12-30(25(32)15(2)3)14-23-20(21)11-16(4)34-23/h7-11,13,17,21H,2,6,12,14,33H2,1,3-5H3/t17-,21?/m1/s1. The summed E-state index contributed by atoms with van der Waals surface area (Å²) in [5.41, 5.74) is 0.547. The van der Waals surface area contributed by atoms with E-state index in [1.54, 1.807) is 38.4 Å². The van der Waals surface area contributed by atoms with Gasteiger partial charge in [-0.15, -0.1) is 11.3 Å². The monoisotopic (exact) mass is 501 g/mol. The fourth-order valence-electron chi connectivity index (χ4n) is 4.83. The third-order valence-corrected chi connectivity index (χ3v) is 7.84. The molecule has 3 atom stereocenters. The Labute approximate surface area is 205 Å². The lowest BCUT2D eigenvalue weighted by Crippen LogP contribution is -2.39. The molecule has 0 aliphatic carbocycles. The highest BCUT2D eigenvalue weighted by atomic mass is 32.1. The Kier molecular flexibility index (Phi) is 6.80. The first kappa shape index (κ1) is 24.7. The number of thiophene rings is 1. The molecule has 0 saturated heterocycles. The molecule has 2 aromatic heterocycles. The number of carbonyl (C=O) groups is 1. The molecule has 1 aliphatic rings. The molecule has 0 bridgehead atoms. The van der Waals surface area contributed by atoms with E-state index < -0.39 is 5.66 Å². The molecule has 1 aromatic carbocycles. The number of rotatable bonds is 6. The molecule has 0 N–H and O–H groups in total. The van der Waals surface area contributed by atoms with Crippen molar-refractivity contribution in [1.29, 1.82) is 0 Å². The number of halogens is 2. The van der Waals surface area contributed by atoms with Crippen LogP contribution in [0, 0.1) is 6.92 Å². The van der Waals surface area contributed by atoms with Gasteiger partial charge in [0.1, 0.15) is 5.69 Å². The van der Waals surface area contributed by atoms with Crippen LogP contribution < -0.4 is 0 Å². The van der Waals surface area contributed by atoms with Crippen LogP contribution >= 0.6 is 20.6 Å². The molecule has 0 fully saturated rings. The largest absolute Gasteiger partial charge is 0.333 e. The third kappa shape index (κ3) is 4.60. The molecule has 4 rings (SSSR count). The van der Waals surface area contributed by atoms with E-state index in [4.69, 9.17) is 0 Å². The van der Waals surface area contributed by atoms with E-state index in [0.29, 0.717) is 30.8 Å². The van der Waals surface area contributed by atoms with E-state index in [0.717, 1.165) is 11.1 Å². The quantitative estimate of drug-likeness (QED) is 0.280. The lowest BCUT2D eigenvalue weighted by atomic mass is 9.78. The van der Waals surface area contributed by atoms with E-state index in [-0.39, 0.29) is 23.4 Å². The second-order valence-electron chi connectivity index (χ2n) is 9.05. The molecule has 1 aliphatic heterocycles. The number of aromatic nitrogens is 2. The number of benzene rings is 1. The number of fused-ring (bicyclic) bond motifs is 1. The van der Waals surface area contributed by atoms with Gasteiger partial charge in [-0.25, -0.2) is 0 Å². The summed E-state index contributed by atoms with van der Waals surface area (Å²) in [5.74, 6) is -0.0173. The summed E-state index contributed by atoms with van der Waals surface area (Å²) in [7, 11) is 1.62. The van der Waals surface area contributed by atoms with Crippen molar-refractivity contribution >= 4 is 26.5 Å². The zero-order chi connectivity index (χ0) is 24.8. The van der Waals surface area contributed by atoms with Gasteiger partial charge in [-0.05, 0) is 49.4 Å². The number of nitrogens with zero attached hydrogens (tertiary/aromatic N) is 3. The van der Waals surface area contributed by atoms with Gasteiger partial charge in [-0.3, -0.25) is 9.48 Å². The van der Waals surface area contributed by atoms with Crippen LogP contribution in [-0.2, 0) is 23.5 Å². The summed E-state index contributed by atoms with van der Waals surface area (Å²) in [5, 5.41) is 4.17. The van der Waals surface area contributed by atoms with Crippen LogP contribution in [0.5, 0.6) is 0 Å². The molecule has 4 nitrogen and oxygen atoms in total. The molecule has 0 radical (unpaired) electrons. The molecule has 3 aromatic rings. The zero-order valence-electron chi connectivity index (χ0n) is 19.9. The summed E-state index contributed by atoms with van der Waals surface area (Å²) >= 11 is 1.71. The molecular weight excluding hydrogens is 471 g/mol. The Balaban J connectivity index is 1.81. The van der Waals surface area contributed by atoms with Crippen LogP contribution in [0.3, 0.4) is 0 Å². The van der Waals surface area contributed by atoms with Crippen molar-refractivity contribution in [3.63, 3.8) is 0 Å². The van der Waals surface area contributed by atoms with Gasteiger partial charge < -0.3 is 4.90 Å². The molecule has 34 heavy (non-hydrogen) atoms. The lowest BCUT2D eigenvalue weighted by Gasteiger charge is -2.37. The van der Waals surface area contributed by atoms with Crippen molar-refractivity contribution in [2.45, 2.75) is 58.3 Å². The molecule has 2 unspecified atom stereocenters. The number of alkyl halides is 2. The minimum absolute atomic E-state index is 0.0133. The zero-order valence-corrected chi connectivity index (χ0v) is 21.9. The Morgan fingerprint density at radius 1 is 1.35 bits per heavy atom. The normalized spacial score (nSPS) is 16.9. The maximum Gasteiger partial charge on any atom is 0.302 e. The van der Waals surface area contributed by atoms with Gasteiger partial charge in [-0.1, -0.05) is 47.0 Å². The van der Waals surface area contributed by atoms with Gasteiger partial charge in [0.15, 0.2) is 0 Å². The van der Waals surface area contributed by atoms with Gasteiger partial charge in [0.2, 0.25) is 5.91 Å². The van der Waals surface area contributed by atoms with Gasteiger partial charge in [-0.2, -0.15) is 13.9 Å². The molecule has 180 valence electrons. The Bertz CT molecular complexity index is 1240. The number of amides is 1. The fraction of sp³-hybridized carbons (Fsp3) is 0.385. The summed E-state index contributed by atoms with van der Waals surface area (Å²) in [6.45, 7) is 13.3. The molecule has 0 saturated carbocycles. The van der Waals surface area contributed by atoms with E-state index in [2.05, 4.69) is 31.6 Å². The summed E-state index contributed by atoms with van der Waals surface area (Å²) in [6, 6.07) is 9.92. The van der Waals surface area contributed by atoms with Crippen LogP contribution in [0.1, 0.15) is 59.2 Å².